The number of anilines is 1. The number of Topliss-reactive ketones (excluding diaryl/α,β-unsaturated/α-hetero) is 1. The molecular weight excluding hydrogens is 510 g/mol. The van der Waals surface area contributed by atoms with Crippen LogP contribution < -0.4 is 5.32 Å². The molecule has 10 heteroatoms. The quantitative estimate of drug-likeness (QED) is 0.468. The highest BCUT2D eigenvalue weighted by Crippen LogP contribution is 2.28. The molecule has 202 valence electrons. The number of nitrogens with zero attached hydrogens (tertiary/aromatic N) is 2. The maximum atomic E-state index is 13.2. The Bertz CT molecular complexity index is 1310. The first-order valence-corrected chi connectivity index (χ1v) is 16.0. The fraction of sp³-hybridized carbons (Fsp3) is 0.519. The first kappa shape index (κ1) is 27.8. The maximum Gasteiger partial charge on any atom is 0.243 e. The summed E-state index contributed by atoms with van der Waals surface area (Å²) in [5.74, 6) is 0.0618. The van der Waals surface area contributed by atoms with Crippen LogP contribution in [0.15, 0.2) is 58.3 Å². The second kappa shape index (κ2) is 11.6. The zero-order valence-electron chi connectivity index (χ0n) is 21.6. The lowest BCUT2D eigenvalue weighted by Crippen LogP contribution is -2.43. The third kappa shape index (κ3) is 6.25. The standard InChI is InChI=1S/C27H37N3O5S2/c1-3-24-10-4-5-17-30(24)37(34,35)25-14-12-23(13-15-25)28-19-27(31)22-9-6-11-26(18-22)36(32,33)29-16-7-8-21(2)20-29/h6,9,11-15,18,21,24,28H,3-5,7-8,10,16-17,19-20H2,1-2H3. The van der Waals surface area contributed by atoms with Crippen LogP contribution in [0.2, 0.25) is 0 Å². The van der Waals surface area contributed by atoms with Crippen LogP contribution in [-0.2, 0) is 20.0 Å². The van der Waals surface area contributed by atoms with E-state index in [9.17, 15) is 21.6 Å². The summed E-state index contributed by atoms with van der Waals surface area (Å²) in [5.41, 5.74) is 0.928. The lowest BCUT2D eigenvalue weighted by Gasteiger charge is -2.34. The second-order valence-corrected chi connectivity index (χ2v) is 13.9. The van der Waals surface area contributed by atoms with Gasteiger partial charge in [-0.3, -0.25) is 4.79 Å². The van der Waals surface area contributed by atoms with Crippen molar-refractivity contribution < 1.29 is 21.6 Å². The third-order valence-electron chi connectivity index (χ3n) is 7.37. The number of hydrogen-bond acceptors (Lipinski definition) is 6. The molecule has 0 aromatic heterocycles. The van der Waals surface area contributed by atoms with Gasteiger partial charge in [0.15, 0.2) is 5.78 Å². The van der Waals surface area contributed by atoms with Gasteiger partial charge >= 0.3 is 0 Å². The summed E-state index contributed by atoms with van der Waals surface area (Å²) in [4.78, 5) is 13.2. The molecule has 0 amide bonds. The van der Waals surface area contributed by atoms with Crippen LogP contribution in [0.25, 0.3) is 0 Å². The summed E-state index contributed by atoms with van der Waals surface area (Å²) >= 11 is 0. The molecule has 37 heavy (non-hydrogen) atoms. The number of piperidine rings is 2. The van der Waals surface area contributed by atoms with Crippen LogP contribution in [0.5, 0.6) is 0 Å². The highest BCUT2D eigenvalue weighted by atomic mass is 32.2. The van der Waals surface area contributed by atoms with Crippen LogP contribution in [0.1, 0.15) is 62.7 Å². The zero-order chi connectivity index (χ0) is 26.6. The Hall–Kier alpha value is -2.27. The summed E-state index contributed by atoms with van der Waals surface area (Å²) in [6.07, 6.45) is 5.45. The molecule has 0 radical (unpaired) electrons. The second-order valence-electron chi connectivity index (χ2n) is 10.1. The molecule has 2 aliphatic rings. The minimum atomic E-state index is -3.65. The fourth-order valence-electron chi connectivity index (χ4n) is 5.21. The Morgan fingerprint density at radius 2 is 1.68 bits per heavy atom. The lowest BCUT2D eigenvalue weighted by molar-refractivity contribution is 0.101. The van der Waals surface area contributed by atoms with Gasteiger partial charge in [0, 0.05) is 36.9 Å². The van der Waals surface area contributed by atoms with Crippen LogP contribution >= 0.6 is 0 Å². The van der Waals surface area contributed by atoms with Gasteiger partial charge < -0.3 is 5.32 Å². The first-order valence-electron chi connectivity index (χ1n) is 13.1. The van der Waals surface area contributed by atoms with Crippen LogP contribution in [-0.4, -0.2) is 63.5 Å². The summed E-state index contributed by atoms with van der Waals surface area (Å²) in [5, 5.41) is 3.03. The third-order valence-corrected chi connectivity index (χ3v) is 11.2. The van der Waals surface area contributed by atoms with Crippen molar-refractivity contribution in [1.82, 2.24) is 8.61 Å². The predicted octanol–water partition coefficient (Wildman–Crippen LogP) is 4.36. The Labute approximate surface area is 221 Å². The molecule has 2 heterocycles. The number of ketones is 1. The molecular formula is C27H37N3O5S2. The molecule has 0 bridgehead atoms. The summed E-state index contributed by atoms with van der Waals surface area (Å²) in [7, 11) is -7.22. The van der Waals surface area contributed by atoms with E-state index < -0.39 is 20.0 Å². The van der Waals surface area contributed by atoms with E-state index in [1.54, 1.807) is 40.7 Å². The van der Waals surface area contributed by atoms with Crippen molar-refractivity contribution in [2.45, 2.75) is 68.2 Å². The highest BCUT2D eigenvalue weighted by molar-refractivity contribution is 7.89. The number of benzene rings is 2. The van der Waals surface area contributed by atoms with Crippen LogP contribution in [0.3, 0.4) is 0 Å². The zero-order valence-corrected chi connectivity index (χ0v) is 23.2. The van der Waals surface area contributed by atoms with Crippen molar-refractivity contribution in [3.05, 3.63) is 54.1 Å². The van der Waals surface area contributed by atoms with Gasteiger partial charge in [0.1, 0.15) is 0 Å². The van der Waals surface area contributed by atoms with Crippen molar-refractivity contribution in [1.29, 1.82) is 0 Å². The topological polar surface area (TPSA) is 104 Å². The van der Waals surface area contributed by atoms with Crippen molar-refractivity contribution in [3.63, 3.8) is 0 Å². The number of carbonyl (C=O) groups excluding carboxylic acids is 1. The molecule has 2 atom stereocenters. The summed E-state index contributed by atoms with van der Waals surface area (Å²) in [6.45, 7) is 5.55. The number of nitrogens with one attached hydrogen (secondary N) is 1. The van der Waals surface area contributed by atoms with Gasteiger partial charge in [-0.25, -0.2) is 16.8 Å². The monoisotopic (exact) mass is 547 g/mol. The molecule has 4 rings (SSSR count). The molecule has 8 nitrogen and oxygen atoms in total. The van der Waals surface area contributed by atoms with Crippen molar-refractivity contribution in [3.8, 4) is 0 Å². The highest BCUT2D eigenvalue weighted by Gasteiger charge is 2.32. The molecule has 2 aromatic carbocycles. The minimum Gasteiger partial charge on any atom is -0.378 e. The van der Waals surface area contributed by atoms with Gasteiger partial charge in [-0.05, 0) is 74.4 Å². The van der Waals surface area contributed by atoms with Crippen LogP contribution in [0.4, 0.5) is 5.69 Å². The SMILES string of the molecule is CCC1CCCCN1S(=O)(=O)c1ccc(NCC(=O)c2cccc(S(=O)(=O)N3CCCC(C)C3)c2)cc1. The Morgan fingerprint density at radius 1 is 0.919 bits per heavy atom. The van der Waals surface area contributed by atoms with Crippen molar-refractivity contribution in [2.75, 3.05) is 31.5 Å². The first-order chi connectivity index (χ1) is 17.6. The molecule has 0 saturated carbocycles. The molecule has 0 aliphatic carbocycles. The molecule has 2 unspecified atom stereocenters. The Morgan fingerprint density at radius 3 is 2.38 bits per heavy atom. The van der Waals surface area contributed by atoms with Gasteiger partial charge in [0.25, 0.3) is 0 Å². The van der Waals surface area contributed by atoms with E-state index in [2.05, 4.69) is 5.32 Å². The number of hydrogen-bond donors (Lipinski definition) is 1. The minimum absolute atomic E-state index is 0.0343. The van der Waals surface area contributed by atoms with E-state index in [1.807, 2.05) is 13.8 Å². The van der Waals surface area contributed by atoms with Crippen molar-refractivity contribution in [2.24, 2.45) is 5.92 Å². The van der Waals surface area contributed by atoms with Gasteiger partial charge in [-0.1, -0.05) is 32.4 Å². The van der Waals surface area contributed by atoms with Crippen LogP contribution in [0, 0.1) is 5.92 Å². The summed E-state index contributed by atoms with van der Waals surface area (Å²) < 4.78 is 55.7. The average molecular weight is 548 g/mol. The Balaban J connectivity index is 1.41. The smallest absolute Gasteiger partial charge is 0.243 e. The van der Waals surface area contributed by atoms with Gasteiger partial charge in [-0.2, -0.15) is 8.61 Å². The predicted molar refractivity (Wildman–Crippen MR) is 145 cm³/mol. The van der Waals surface area contributed by atoms with E-state index in [0.29, 0.717) is 36.8 Å². The maximum absolute atomic E-state index is 13.2. The largest absolute Gasteiger partial charge is 0.378 e. The molecule has 1 N–H and O–H groups in total. The lowest BCUT2D eigenvalue weighted by atomic mass is 10.0. The van der Waals surface area contributed by atoms with E-state index in [4.69, 9.17) is 0 Å². The van der Waals surface area contributed by atoms with Gasteiger partial charge in [-0.15, -0.1) is 0 Å². The van der Waals surface area contributed by atoms with E-state index in [0.717, 1.165) is 38.5 Å². The Kier molecular flexibility index (Phi) is 8.73. The van der Waals surface area contributed by atoms with E-state index in [1.165, 1.54) is 16.4 Å². The normalized spacial score (nSPS) is 22.0. The van der Waals surface area contributed by atoms with Gasteiger partial charge in [0.2, 0.25) is 20.0 Å². The van der Waals surface area contributed by atoms with Crippen molar-refractivity contribution >= 4 is 31.5 Å². The molecule has 0 spiro atoms. The fourth-order valence-corrected chi connectivity index (χ4v) is 8.62. The average Bonchev–Trinajstić information content (AvgIpc) is 2.92. The number of rotatable bonds is 9. The molecule has 2 fully saturated rings. The summed E-state index contributed by atoms with van der Waals surface area (Å²) in [6, 6.07) is 12.7. The number of sulfonamides is 2. The number of carbonyl (C=O) groups is 1. The molecule has 2 aliphatic heterocycles. The van der Waals surface area contributed by atoms with E-state index >= 15 is 0 Å². The van der Waals surface area contributed by atoms with E-state index in [-0.39, 0.29) is 28.2 Å². The van der Waals surface area contributed by atoms with Gasteiger partial charge in [0.05, 0.1) is 16.3 Å². The molecule has 2 saturated heterocycles. The molecule has 2 aromatic rings.